The van der Waals surface area contributed by atoms with Crippen molar-refractivity contribution < 1.29 is 4.79 Å². The molecule has 17 heavy (non-hydrogen) atoms. The lowest BCUT2D eigenvalue weighted by Crippen LogP contribution is -2.50. The molecule has 0 aliphatic rings. The number of nitrogens with two attached hydrogens (primary N) is 1. The van der Waals surface area contributed by atoms with Crippen molar-refractivity contribution >= 4 is 5.91 Å². The fraction of sp³-hybridized carbons (Fsp3) is 0.500. The molecule has 94 valence electrons. The molecule has 0 heterocycles. The Hall–Kier alpha value is -1.35. The molecule has 0 spiro atoms. The number of amides is 1. The van der Waals surface area contributed by atoms with Crippen LogP contribution >= 0.6 is 0 Å². The molecule has 0 aliphatic carbocycles. The van der Waals surface area contributed by atoms with E-state index in [9.17, 15) is 4.79 Å². The van der Waals surface area contributed by atoms with Gasteiger partial charge in [0.1, 0.15) is 0 Å². The van der Waals surface area contributed by atoms with Crippen LogP contribution in [0.25, 0.3) is 0 Å². The molecule has 0 radical (unpaired) electrons. The maximum Gasteiger partial charge on any atom is 0.234 e. The van der Waals surface area contributed by atoms with Gasteiger partial charge < -0.3 is 11.1 Å². The molecule has 1 aromatic rings. The highest BCUT2D eigenvalue weighted by atomic mass is 16.1. The van der Waals surface area contributed by atoms with E-state index in [0.29, 0.717) is 0 Å². The van der Waals surface area contributed by atoms with Gasteiger partial charge in [-0.2, -0.15) is 0 Å². The van der Waals surface area contributed by atoms with Crippen LogP contribution in [0.5, 0.6) is 0 Å². The Bertz CT molecular complexity index is 360. The first kappa shape index (κ1) is 13.7. The third-order valence-corrected chi connectivity index (χ3v) is 2.92. The van der Waals surface area contributed by atoms with Gasteiger partial charge in [0.25, 0.3) is 0 Å². The van der Waals surface area contributed by atoms with E-state index in [-0.39, 0.29) is 17.5 Å². The lowest BCUT2D eigenvalue weighted by molar-refractivity contribution is -0.120. The van der Waals surface area contributed by atoms with E-state index in [2.05, 4.69) is 31.3 Å². The minimum atomic E-state index is -0.308. The summed E-state index contributed by atoms with van der Waals surface area (Å²) in [5.74, 6) is -0.308. The quantitative estimate of drug-likeness (QED) is 0.789. The number of nitrogens with one attached hydrogen (secondary N) is 1. The van der Waals surface area contributed by atoms with Crippen LogP contribution in [0.15, 0.2) is 30.3 Å². The second-order valence-corrected chi connectivity index (χ2v) is 5.14. The summed E-state index contributed by atoms with van der Waals surface area (Å²) >= 11 is 0. The number of carbonyl (C=O) groups excluding carboxylic acids is 1. The predicted octanol–water partition coefficient (Wildman–Crippen LogP) is 1.86. The van der Waals surface area contributed by atoms with Crippen LogP contribution in [0.3, 0.4) is 0 Å². The van der Waals surface area contributed by atoms with E-state index < -0.39 is 0 Å². The van der Waals surface area contributed by atoms with Gasteiger partial charge >= 0.3 is 0 Å². The Kier molecular flexibility index (Phi) is 4.70. The number of primary amides is 1. The second-order valence-electron chi connectivity index (χ2n) is 5.14. The first-order valence-electron chi connectivity index (χ1n) is 6.02. The van der Waals surface area contributed by atoms with E-state index in [0.717, 1.165) is 12.8 Å². The first-order valence-corrected chi connectivity index (χ1v) is 6.02. The molecule has 0 aliphatic heterocycles. The van der Waals surface area contributed by atoms with Crippen LogP contribution in [0, 0.1) is 0 Å². The monoisotopic (exact) mass is 234 g/mol. The van der Waals surface area contributed by atoms with Gasteiger partial charge in [-0.05, 0) is 39.2 Å². The molecule has 0 saturated carbocycles. The standard InChI is InChI=1S/C14H22N2O/c1-11(13(15)17)16-14(2,3)10-9-12-7-5-4-6-8-12/h4-8,11,16H,9-10H2,1-3H3,(H2,15,17). The average molecular weight is 234 g/mol. The van der Waals surface area contributed by atoms with Crippen LogP contribution in [-0.2, 0) is 11.2 Å². The molecule has 1 unspecified atom stereocenters. The first-order chi connectivity index (χ1) is 7.91. The van der Waals surface area contributed by atoms with Gasteiger partial charge in [-0.3, -0.25) is 4.79 Å². The number of benzene rings is 1. The van der Waals surface area contributed by atoms with E-state index in [1.54, 1.807) is 6.92 Å². The van der Waals surface area contributed by atoms with Gasteiger partial charge in [0, 0.05) is 5.54 Å². The van der Waals surface area contributed by atoms with Crippen molar-refractivity contribution in [2.45, 2.75) is 45.2 Å². The van der Waals surface area contributed by atoms with Gasteiger partial charge in [0.15, 0.2) is 0 Å². The highest BCUT2D eigenvalue weighted by molar-refractivity contribution is 5.79. The van der Waals surface area contributed by atoms with Crippen molar-refractivity contribution in [3.05, 3.63) is 35.9 Å². The summed E-state index contributed by atoms with van der Waals surface area (Å²) in [6.07, 6.45) is 1.96. The van der Waals surface area contributed by atoms with E-state index in [1.165, 1.54) is 5.56 Å². The molecule has 3 N–H and O–H groups in total. The predicted molar refractivity (Wildman–Crippen MR) is 70.6 cm³/mol. The number of hydrogen-bond acceptors (Lipinski definition) is 2. The van der Waals surface area contributed by atoms with Crippen molar-refractivity contribution in [3.8, 4) is 0 Å². The summed E-state index contributed by atoms with van der Waals surface area (Å²) in [6, 6.07) is 10.0. The Labute approximate surface area is 103 Å². The maximum atomic E-state index is 11.0. The van der Waals surface area contributed by atoms with Gasteiger partial charge in [0.05, 0.1) is 6.04 Å². The Balaban J connectivity index is 2.47. The van der Waals surface area contributed by atoms with Crippen LogP contribution in [0.4, 0.5) is 0 Å². The number of aryl methyl sites for hydroxylation is 1. The summed E-state index contributed by atoms with van der Waals surface area (Å²) < 4.78 is 0. The van der Waals surface area contributed by atoms with Crippen molar-refractivity contribution in [1.82, 2.24) is 5.32 Å². The summed E-state index contributed by atoms with van der Waals surface area (Å²) in [7, 11) is 0. The summed E-state index contributed by atoms with van der Waals surface area (Å²) in [5.41, 5.74) is 6.47. The van der Waals surface area contributed by atoms with Crippen molar-refractivity contribution in [2.75, 3.05) is 0 Å². The highest BCUT2D eigenvalue weighted by Gasteiger charge is 2.21. The summed E-state index contributed by atoms with van der Waals surface area (Å²) in [5, 5.41) is 3.25. The van der Waals surface area contributed by atoms with E-state index in [1.807, 2.05) is 18.2 Å². The Morgan fingerprint density at radius 3 is 2.47 bits per heavy atom. The fourth-order valence-corrected chi connectivity index (χ4v) is 1.83. The molecular formula is C14H22N2O. The zero-order chi connectivity index (χ0) is 12.9. The van der Waals surface area contributed by atoms with Crippen LogP contribution in [0.1, 0.15) is 32.8 Å². The number of rotatable bonds is 6. The minimum Gasteiger partial charge on any atom is -0.368 e. The normalized spacial score (nSPS) is 13.4. The minimum absolute atomic E-state index is 0.0930. The highest BCUT2D eigenvalue weighted by Crippen LogP contribution is 2.14. The molecule has 1 atom stereocenters. The second kappa shape index (κ2) is 5.82. The van der Waals surface area contributed by atoms with Crippen molar-refractivity contribution in [1.29, 1.82) is 0 Å². The third-order valence-electron chi connectivity index (χ3n) is 2.92. The summed E-state index contributed by atoms with van der Waals surface area (Å²) in [6.45, 7) is 5.98. The zero-order valence-corrected chi connectivity index (χ0v) is 10.9. The molecule has 1 rings (SSSR count). The van der Waals surface area contributed by atoms with Crippen molar-refractivity contribution in [2.24, 2.45) is 5.73 Å². The van der Waals surface area contributed by atoms with Gasteiger partial charge in [0.2, 0.25) is 5.91 Å². The topological polar surface area (TPSA) is 55.1 Å². The molecule has 0 fully saturated rings. The van der Waals surface area contributed by atoms with Crippen molar-refractivity contribution in [3.63, 3.8) is 0 Å². The molecule has 3 nitrogen and oxygen atoms in total. The molecule has 1 aromatic carbocycles. The lowest BCUT2D eigenvalue weighted by atomic mass is 9.94. The molecule has 0 aromatic heterocycles. The number of carbonyl (C=O) groups is 1. The maximum absolute atomic E-state index is 11.0. The van der Waals surface area contributed by atoms with Crippen LogP contribution < -0.4 is 11.1 Å². The van der Waals surface area contributed by atoms with Gasteiger partial charge in [-0.15, -0.1) is 0 Å². The SMILES string of the molecule is CC(NC(C)(C)CCc1ccccc1)C(N)=O. The lowest BCUT2D eigenvalue weighted by Gasteiger charge is -2.29. The zero-order valence-electron chi connectivity index (χ0n) is 10.9. The molecule has 3 heteroatoms. The Morgan fingerprint density at radius 2 is 1.94 bits per heavy atom. The van der Waals surface area contributed by atoms with Gasteiger partial charge in [-0.1, -0.05) is 30.3 Å². The fourth-order valence-electron chi connectivity index (χ4n) is 1.83. The third kappa shape index (κ3) is 5.00. The smallest absolute Gasteiger partial charge is 0.234 e. The average Bonchev–Trinajstić information content (AvgIpc) is 2.27. The van der Waals surface area contributed by atoms with Gasteiger partial charge in [-0.25, -0.2) is 0 Å². The number of hydrogen-bond donors (Lipinski definition) is 2. The molecule has 0 saturated heterocycles. The summed E-state index contributed by atoms with van der Waals surface area (Å²) in [4.78, 5) is 11.0. The molecular weight excluding hydrogens is 212 g/mol. The molecule has 0 bridgehead atoms. The van der Waals surface area contributed by atoms with E-state index in [4.69, 9.17) is 5.73 Å². The largest absolute Gasteiger partial charge is 0.368 e. The molecule has 1 amide bonds. The Morgan fingerprint density at radius 1 is 1.35 bits per heavy atom. The van der Waals surface area contributed by atoms with Crippen LogP contribution in [0.2, 0.25) is 0 Å². The van der Waals surface area contributed by atoms with Crippen LogP contribution in [-0.4, -0.2) is 17.5 Å². The van der Waals surface area contributed by atoms with E-state index >= 15 is 0 Å².